The lowest BCUT2D eigenvalue weighted by molar-refractivity contribution is 0.486. The summed E-state index contributed by atoms with van der Waals surface area (Å²) in [5, 5.41) is 12.8. The fourth-order valence-corrected chi connectivity index (χ4v) is 3.09. The van der Waals surface area contributed by atoms with Gasteiger partial charge in [-0.3, -0.25) is 4.57 Å². The number of benzene rings is 1. The first-order valence-corrected chi connectivity index (χ1v) is 8.76. The molecular formula is C13H17BrN4O2S. The van der Waals surface area contributed by atoms with Crippen LogP contribution in [0.25, 0.3) is 11.4 Å². The van der Waals surface area contributed by atoms with Gasteiger partial charge in [0, 0.05) is 16.6 Å². The van der Waals surface area contributed by atoms with E-state index in [0.717, 1.165) is 15.6 Å². The maximum Gasteiger partial charge on any atom is 0.273 e. The minimum atomic E-state index is -3.92. The Kier molecular flexibility index (Phi) is 4.50. The summed E-state index contributed by atoms with van der Waals surface area (Å²) in [5.74, 6) is 0.715. The molecule has 0 aliphatic rings. The first kappa shape index (κ1) is 16.1. The molecule has 0 fully saturated rings. The second-order valence-corrected chi connectivity index (χ2v) is 7.65. The fraction of sp³-hybridized carbons (Fsp3) is 0.385. The number of hydrogen-bond acceptors (Lipinski definition) is 4. The van der Waals surface area contributed by atoms with Crippen molar-refractivity contribution in [3.63, 3.8) is 0 Å². The van der Waals surface area contributed by atoms with Crippen molar-refractivity contribution in [3.8, 4) is 11.4 Å². The van der Waals surface area contributed by atoms with Crippen molar-refractivity contribution in [2.24, 2.45) is 11.1 Å². The van der Waals surface area contributed by atoms with E-state index in [1.807, 2.05) is 39.0 Å². The van der Waals surface area contributed by atoms with Crippen LogP contribution >= 0.6 is 15.9 Å². The van der Waals surface area contributed by atoms with Crippen LogP contribution < -0.4 is 5.14 Å². The van der Waals surface area contributed by atoms with Crippen LogP contribution in [0.4, 0.5) is 0 Å². The Hall–Kier alpha value is -1.25. The van der Waals surface area contributed by atoms with Gasteiger partial charge in [-0.05, 0) is 25.0 Å². The van der Waals surface area contributed by atoms with Gasteiger partial charge in [0.05, 0.1) is 0 Å². The van der Waals surface area contributed by atoms with Gasteiger partial charge in [-0.1, -0.05) is 41.4 Å². The third-order valence-corrected chi connectivity index (χ3v) is 4.38. The van der Waals surface area contributed by atoms with Gasteiger partial charge in [-0.15, -0.1) is 10.2 Å². The van der Waals surface area contributed by atoms with Crippen LogP contribution in [-0.4, -0.2) is 23.2 Å². The molecule has 0 spiro atoms. The van der Waals surface area contributed by atoms with Crippen molar-refractivity contribution >= 4 is 26.0 Å². The zero-order chi connectivity index (χ0) is 15.8. The van der Waals surface area contributed by atoms with Gasteiger partial charge in [-0.25, -0.2) is 13.6 Å². The number of hydrogen-bond donors (Lipinski definition) is 1. The highest BCUT2D eigenvalue weighted by Gasteiger charge is 2.23. The molecule has 2 rings (SSSR count). The van der Waals surface area contributed by atoms with Crippen LogP contribution in [0.15, 0.2) is 27.8 Å². The van der Waals surface area contributed by atoms with Gasteiger partial charge in [0.25, 0.3) is 15.2 Å². The molecule has 1 aromatic carbocycles. The third kappa shape index (κ3) is 3.50. The van der Waals surface area contributed by atoms with Crippen molar-refractivity contribution in [2.75, 3.05) is 0 Å². The van der Waals surface area contributed by atoms with E-state index in [0.29, 0.717) is 12.4 Å². The second kappa shape index (κ2) is 5.86. The molecule has 21 heavy (non-hydrogen) atoms. The Balaban J connectivity index is 2.69. The lowest BCUT2D eigenvalue weighted by Gasteiger charge is -2.13. The molecule has 1 heterocycles. The van der Waals surface area contributed by atoms with Crippen molar-refractivity contribution in [1.82, 2.24) is 14.8 Å². The summed E-state index contributed by atoms with van der Waals surface area (Å²) in [6.07, 6.45) is 0. The third-order valence-electron chi connectivity index (χ3n) is 2.88. The van der Waals surface area contributed by atoms with Crippen molar-refractivity contribution in [2.45, 2.75) is 32.5 Å². The average Bonchev–Trinajstić information content (AvgIpc) is 2.74. The maximum atomic E-state index is 11.7. The van der Waals surface area contributed by atoms with E-state index in [1.54, 1.807) is 4.57 Å². The monoisotopic (exact) mass is 372 g/mol. The van der Waals surface area contributed by atoms with Crippen LogP contribution in [0, 0.1) is 12.8 Å². The molecule has 0 radical (unpaired) electrons. The number of halogens is 1. The standard InChI is InChI=1S/C13H17BrN4O2S/c1-8(2)7-18-12(16-17-13(18)21(15,19)20)10-6-9(3)4-5-11(10)14/h4-6,8H,7H2,1-3H3,(H2,15,19,20). The van der Waals surface area contributed by atoms with Crippen molar-refractivity contribution in [1.29, 1.82) is 0 Å². The maximum absolute atomic E-state index is 11.7. The molecule has 114 valence electrons. The van der Waals surface area contributed by atoms with Gasteiger partial charge in [-0.2, -0.15) is 0 Å². The lowest BCUT2D eigenvalue weighted by atomic mass is 10.1. The molecule has 0 saturated heterocycles. The van der Waals surface area contributed by atoms with Gasteiger partial charge in [0.15, 0.2) is 5.82 Å². The number of primary sulfonamides is 1. The summed E-state index contributed by atoms with van der Waals surface area (Å²) >= 11 is 3.47. The topological polar surface area (TPSA) is 90.9 Å². The Morgan fingerprint density at radius 3 is 2.57 bits per heavy atom. The average molecular weight is 373 g/mol. The predicted octanol–water partition coefficient (Wildman–Crippen LogP) is 2.32. The summed E-state index contributed by atoms with van der Waals surface area (Å²) < 4.78 is 25.7. The second-order valence-electron chi connectivity index (χ2n) is 5.34. The quantitative estimate of drug-likeness (QED) is 0.891. The minimum absolute atomic E-state index is 0.209. The molecule has 2 N–H and O–H groups in total. The number of rotatable bonds is 4. The van der Waals surface area contributed by atoms with E-state index in [2.05, 4.69) is 26.1 Å². The Morgan fingerprint density at radius 2 is 2.00 bits per heavy atom. The SMILES string of the molecule is Cc1ccc(Br)c(-c2nnc(S(N)(=O)=O)n2CC(C)C)c1. The normalized spacial score (nSPS) is 12.1. The van der Waals surface area contributed by atoms with E-state index in [-0.39, 0.29) is 11.1 Å². The van der Waals surface area contributed by atoms with Crippen LogP contribution in [-0.2, 0) is 16.6 Å². The van der Waals surface area contributed by atoms with Crippen molar-refractivity contribution < 1.29 is 8.42 Å². The number of sulfonamides is 1. The highest BCUT2D eigenvalue weighted by Crippen LogP contribution is 2.29. The Labute approximate surface area is 132 Å². The molecule has 0 amide bonds. The largest absolute Gasteiger partial charge is 0.296 e. The molecule has 8 heteroatoms. The van der Waals surface area contributed by atoms with Crippen LogP contribution in [0.2, 0.25) is 0 Å². The van der Waals surface area contributed by atoms with Gasteiger partial charge < -0.3 is 0 Å². The summed E-state index contributed by atoms with van der Waals surface area (Å²) in [6, 6.07) is 5.78. The molecule has 6 nitrogen and oxygen atoms in total. The van der Waals surface area contributed by atoms with E-state index < -0.39 is 10.0 Å². The molecule has 2 aromatic rings. The minimum Gasteiger partial charge on any atom is -0.296 e. The Bertz CT molecular complexity index is 768. The highest BCUT2D eigenvalue weighted by atomic mass is 79.9. The van der Waals surface area contributed by atoms with Crippen LogP contribution in [0.3, 0.4) is 0 Å². The zero-order valence-electron chi connectivity index (χ0n) is 12.0. The molecule has 1 aromatic heterocycles. The lowest BCUT2D eigenvalue weighted by Crippen LogP contribution is -2.20. The number of aryl methyl sites for hydroxylation is 1. The number of nitrogens with zero attached hydrogens (tertiary/aromatic N) is 3. The van der Waals surface area contributed by atoms with Crippen molar-refractivity contribution in [3.05, 3.63) is 28.2 Å². The molecule has 0 saturated carbocycles. The van der Waals surface area contributed by atoms with Crippen LogP contribution in [0.5, 0.6) is 0 Å². The Morgan fingerprint density at radius 1 is 1.33 bits per heavy atom. The van der Waals surface area contributed by atoms with E-state index in [4.69, 9.17) is 5.14 Å². The summed E-state index contributed by atoms with van der Waals surface area (Å²) in [6.45, 7) is 6.40. The summed E-state index contributed by atoms with van der Waals surface area (Å²) in [5.41, 5.74) is 1.84. The van der Waals surface area contributed by atoms with Gasteiger partial charge >= 0.3 is 0 Å². The molecular weight excluding hydrogens is 356 g/mol. The molecule has 0 aliphatic heterocycles. The summed E-state index contributed by atoms with van der Waals surface area (Å²) in [4.78, 5) is 0. The van der Waals surface area contributed by atoms with Gasteiger partial charge in [0.1, 0.15) is 0 Å². The first-order valence-electron chi connectivity index (χ1n) is 6.42. The van der Waals surface area contributed by atoms with E-state index in [1.165, 1.54) is 0 Å². The smallest absolute Gasteiger partial charge is 0.273 e. The first-order chi connectivity index (χ1) is 9.70. The number of nitrogens with two attached hydrogens (primary N) is 1. The number of aromatic nitrogens is 3. The zero-order valence-corrected chi connectivity index (χ0v) is 14.4. The predicted molar refractivity (Wildman–Crippen MR) is 84.1 cm³/mol. The summed E-state index contributed by atoms with van der Waals surface area (Å²) in [7, 11) is -3.92. The van der Waals surface area contributed by atoms with E-state index >= 15 is 0 Å². The fourth-order valence-electron chi connectivity index (χ4n) is 2.04. The molecule has 0 bridgehead atoms. The molecule has 0 aliphatic carbocycles. The van der Waals surface area contributed by atoms with E-state index in [9.17, 15) is 8.42 Å². The highest BCUT2D eigenvalue weighted by molar-refractivity contribution is 9.10. The molecule has 0 unspecified atom stereocenters. The molecule has 0 atom stereocenters. The van der Waals surface area contributed by atoms with Crippen LogP contribution in [0.1, 0.15) is 19.4 Å². The van der Waals surface area contributed by atoms with Gasteiger partial charge in [0.2, 0.25) is 0 Å².